The van der Waals surface area contributed by atoms with Crippen molar-refractivity contribution in [2.24, 2.45) is 10.3 Å². The van der Waals surface area contributed by atoms with Crippen LogP contribution in [0, 0.1) is 0 Å². The molecule has 0 aliphatic heterocycles. The lowest BCUT2D eigenvalue weighted by atomic mass is 9.84. The number of oxime groups is 2. The highest BCUT2D eigenvalue weighted by molar-refractivity contribution is 6.47. The Kier molecular flexibility index (Phi) is 4.55. The number of hydrogen-bond donors (Lipinski definition) is 2. The zero-order valence-corrected chi connectivity index (χ0v) is 11.2. The second kappa shape index (κ2) is 6.36. The molecule has 0 aromatic heterocycles. The van der Waals surface area contributed by atoms with Crippen molar-refractivity contribution in [2.45, 2.75) is 44.9 Å². The molecule has 0 atom stereocenters. The zero-order valence-electron chi connectivity index (χ0n) is 11.2. The Morgan fingerprint density at radius 3 is 2.16 bits per heavy atom. The van der Waals surface area contributed by atoms with Gasteiger partial charge in [-0.25, -0.2) is 0 Å². The number of nitrogens with zero attached hydrogens (tertiary/aromatic N) is 2. The average molecular weight is 260 g/mol. The summed E-state index contributed by atoms with van der Waals surface area (Å²) in [5.41, 5.74) is 2.71. The topological polar surface area (TPSA) is 65.2 Å². The Balaban J connectivity index is 2.18. The van der Waals surface area contributed by atoms with Gasteiger partial charge in [-0.2, -0.15) is 0 Å². The lowest BCUT2D eigenvalue weighted by Gasteiger charge is -2.22. The molecule has 4 heteroatoms. The van der Waals surface area contributed by atoms with E-state index in [0.29, 0.717) is 17.3 Å². The molecule has 2 N–H and O–H groups in total. The first kappa shape index (κ1) is 13.6. The van der Waals surface area contributed by atoms with E-state index >= 15 is 0 Å². The predicted octanol–water partition coefficient (Wildman–Crippen LogP) is 3.76. The molecule has 1 fully saturated rings. The lowest BCUT2D eigenvalue weighted by Crippen LogP contribution is -2.12. The normalized spacial score (nSPS) is 18.6. The van der Waals surface area contributed by atoms with Crippen LogP contribution in [0.3, 0.4) is 0 Å². The minimum Gasteiger partial charge on any atom is -0.411 e. The SMILES string of the molecule is CC(=N/O)/C(=N\O)c1ccc(C2CCCCC2)cc1. The summed E-state index contributed by atoms with van der Waals surface area (Å²) in [6, 6.07) is 8.02. The van der Waals surface area contributed by atoms with Crippen LogP contribution in [0.15, 0.2) is 34.6 Å². The molecule has 0 radical (unpaired) electrons. The average Bonchev–Trinajstić information content (AvgIpc) is 2.49. The van der Waals surface area contributed by atoms with Crippen molar-refractivity contribution < 1.29 is 10.4 Å². The number of rotatable bonds is 3. The summed E-state index contributed by atoms with van der Waals surface area (Å²) >= 11 is 0. The van der Waals surface area contributed by atoms with E-state index < -0.39 is 0 Å². The van der Waals surface area contributed by atoms with E-state index in [-0.39, 0.29) is 0 Å². The fraction of sp³-hybridized carbons (Fsp3) is 0.467. The molecule has 0 amide bonds. The Hall–Kier alpha value is -1.84. The van der Waals surface area contributed by atoms with Gasteiger partial charge in [0, 0.05) is 5.56 Å². The van der Waals surface area contributed by atoms with Crippen molar-refractivity contribution in [3.63, 3.8) is 0 Å². The summed E-state index contributed by atoms with van der Waals surface area (Å²) in [7, 11) is 0. The maximum absolute atomic E-state index is 9.00. The van der Waals surface area contributed by atoms with Crippen LogP contribution in [-0.2, 0) is 0 Å². The Morgan fingerprint density at radius 1 is 1.00 bits per heavy atom. The molecule has 0 bridgehead atoms. The minimum absolute atomic E-state index is 0.299. The fourth-order valence-corrected chi connectivity index (χ4v) is 2.74. The van der Waals surface area contributed by atoms with Gasteiger partial charge in [0.05, 0.1) is 0 Å². The highest BCUT2D eigenvalue weighted by Gasteiger charge is 2.16. The maximum Gasteiger partial charge on any atom is 0.134 e. The Morgan fingerprint density at radius 2 is 1.63 bits per heavy atom. The second-order valence-electron chi connectivity index (χ2n) is 5.09. The van der Waals surface area contributed by atoms with Crippen molar-refractivity contribution >= 4 is 11.4 Å². The highest BCUT2D eigenvalue weighted by atomic mass is 16.4. The van der Waals surface area contributed by atoms with Gasteiger partial charge in [0.25, 0.3) is 0 Å². The van der Waals surface area contributed by atoms with Gasteiger partial charge in [0.15, 0.2) is 0 Å². The fourth-order valence-electron chi connectivity index (χ4n) is 2.74. The molecule has 4 nitrogen and oxygen atoms in total. The van der Waals surface area contributed by atoms with Gasteiger partial charge < -0.3 is 10.4 Å². The van der Waals surface area contributed by atoms with Gasteiger partial charge in [0.1, 0.15) is 11.4 Å². The van der Waals surface area contributed by atoms with Crippen molar-refractivity contribution in [1.82, 2.24) is 0 Å². The molecular weight excluding hydrogens is 240 g/mol. The van der Waals surface area contributed by atoms with E-state index in [1.165, 1.54) is 37.7 Å². The molecule has 2 rings (SSSR count). The summed E-state index contributed by atoms with van der Waals surface area (Å²) in [5.74, 6) is 0.657. The zero-order chi connectivity index (χ0) is 13.7. The molecule has 1 saturated carbocycles. The van der Waals surface area contributed by atoms with Crippen LogP contribution < -0.4 is 0 Å². The smallest absolute Gasteiger partial charge is 0.134 e. The Bertz CT molecular complexity index is 471. The van der Waals surface area contributed by atoms with E-state index in [1.807, 2.05) is 12.1 Å². The van der Waals surface area contributed by atoms with Gasteiger partial charge >= 0.3 is 0 Å². The summed E-state index contributed by atoms with van der Waals surface area (Å²) in [5, 5.41) is 24.0. The van der Waals surface area contributed by atoms with Crippen LogP contribution in [0.5, 0.6) is 0 Å². The van der Waals surface area contributed by atoms with Gasteiger partial charge in [0.2, 0.25) is 0 Å². The number of benzene rings is 1. The summed E-state index contributed by atoms with van der Waals surface area (Å²) in [4.78, 5) is 0. The van der Waals surface area contributed by atoms with Gasteiger partial charge in [-0.05, 0) is 31.2 Å². The maximum atomic E-state index is 9.00. The summed E-state index contributed by atoms with van der Waals surface area (Å²) < 4.78 is 0. The van der Waals surface area contributed by atoms with Crippen LogP contribution in [0.25, 0.3) is 0 Å². The molecule has 1 aliphatic rings. The monoisotopic (exact) mass is 260 g/mol. The third kappa shape index (κ3) is 3.13. The van der Waals surface area contributed by atoms with Crippen molar-refractivity contribution in [2.75, 3.05) is 0 Å². The molecule has 1 aromatic rings. The minimum atomic E-state index is 0.299. The molecule has 102 valence electrons. The summed E-state index contributed by atoms with van der Waals surface area (Å²) in [6.07, 6.45) is 6.50. The molecular formula is C15H20N2O2. The van der Waals surface area contributed by atoms with E-state index in [1.54, 1.807) is 6.92 Å². The van der Waals surface area contributed by atoms with Crippen molar-refractivity contribution in [1.29, 1.82) is 0 Å². The molecule has 0 saturated heterocycles. The van der Waals surface area contributed by atoms with E-state index in [0.717, 1.165) is 5.56 Å². The van der Waals surface area contributed by atoms with Gasteiger partial charge in [-0.3, -0.25) is 0 Å². The van der Waals surface area contributed by atoms with E-state index in [4.69, 9.17) is 10.4 Å². The highest BCUT2D eigenvalue weighted by Crippen LogP contribution is 2.32. The van der Waals surface area contributed by atoms with Gasteiger partial charge in [-0.15, -0.1) is 0 Å². The molecule has 1 aromatic carbocycles. The first-order valence-corrected chi connectivity index (χ1v) is 6.77. The first-order chi connectivity index (χ1) is 9.26. The molecule has 0 heterocycles. The standard InChI is InChI=1S/C15H20N2O2/c1-11(16-18)15(17-19)14-9-7-13(8-10-14)12-5-3-2-4-6-12/h7-10,12,18-19H,2-6H2,1H3/b16-11-,17-15+. The first-order valence-electron chi connectivity index (χ1n) is 6.77. The molecule has 0 spiro atoms. The van der Waals surface area contributed by atoms with Crippen LogP contribution in [0.1, 0.15) is 56.1 Å². The predicted molar refractivity (Wildman–Crippen MR) is 75.5 cm³/mol. The van der Waals surface area contributed by atoms with Crippen LogP contribution in [-0.4, -0.2) is 21.8 Å². The van der Waals surface area contributed by atoms with E-state index in [9.17, 15) is 0 Å². The van der Waals surface area contributed by atoms with Crippen molar-refractivity contribution in [3.05, 3.63) is 35.4 Å². The third-order valence-corrected chi connectivity index (χ3v) is 3.85. The van der Waals surface area contributed by atoms with Gasteiger partial charge in [-0.1, -0.05) is 53.8 Å². The van der Waals surface area contributed by atoms with Crippen LogP contribution >= 0.6 is 0 Å². The lowest BCUT2D eigenvalue weighted by molar-refractivity contribution is 0.314. The quantitative estimate of drug-likeness (QED) is 0.493. The third-order valence-electron chi connectivity index (χ3n) is 3.85. The van der Waals surface area contributed by atoms with Crippen LogP contribution in [0.4, 0.5) is 0 Å². The largest absolute Gasteiger partial charge is 0.411 e. The molecule has 0 unspecified atom stereocenters. The van der Waals surface area contributed by atoms with Crippen molar-refractivity contribution in [3.8, 4) is 0 Å². The summed E-state index contributed by atoms with van der Waals surface area (Å²) in [6.45, 7) is 1.60. The Labute approximate surface area is 113 Å². The number of hydrogen-bond acceptors (Lipinski definition) is 4. The second-order valence-corrected chi connectivity index (χ2v) is 5.09. The van der Waals surface area contributed by atoms with E-state index in [2.05, 4.69) is 22.4 Å². The molecule has 1 aliphatic carbocycles. The van der Waals surface area contributed by atoms with Crippen LogP contribution in [0.2, 0.25) is 0 Å². The molecule has 19 heavy (non-hydrogen) atoms.